The van der Waals surface area contributed by atoms with Crippen LogP contribution in [0.2, 0.25) is 0 Å². The van der Waals surface area contributed by atoms with Crippen molar-refractivity contribution in [1.82, 2.24) is 9.97 Å². The molecule has 0 aliphatic carbocycles. The summed E-state index contributed by atoms with van der Waals surface area (Å²) in [5, 5.41) is 11.3. The van der Waals surface area contributed by atoms with Gasteiger partial charge in [0, 0.05) is 36.0 Å². The van der Waals surface area contributed by atoms with Gasteiger partial charge in [0.15, 0.2) is 0 Å². The predicted octanol–water partition coefficient (Wildman–Crippen LogP) is 2.14. The molecule has 0 saturated carbocycles. The Morgan fingerprint density at radius 1 is 1.29 bits per heavy atom. The van der Waals surface area contributed by atoms with Gasteiger partial charge in [-0.3, -0.25) is 14.8 Å². The number of hydrogen-bond acceptors (Lipinski definition) is 4. The van der Waals surface area contributed by atoms with Crippen LogP contribution in [0.5, 0.6) is 0 Å². The van der Waals surface area contributed by atoms with Gasteiger partial charge in [-0.15, -0.1) is 0 Å². The second kappa shape index (κ2) is 6.42. The molecule has 0 fully saturated rings. The molecule has 2 rings (SSSR count). The summed E-state index contributed by atoms with van der Waals surface area (Å²) in [6.45, 7) is 1.83. The van der Waals surface area contributed by atoms with Crippen molar-refractivity contribution in [2.45, 2.75) is 6.92 Å². The number of anilines is 1. The molecule has 0 unspecified atom stereocenters. The first-order valence-electron chi connectivity index (χ1n) is 6.14. The number of nitrogens with zero attached hydrogens (tertiary/aromatic N) is 2. The molecule has 0 atom stereocenters. The fraction of sp³-hybridized carbons (Fsp3) is 0.0667. The summed E-state index contributed by atoms with van der Waals surface area (Å²) in [5.74, 6) is -1.38. The molecule has 0 spiro atoms. The molecule has 1 amide bonds. The molecule has 2 heterocycles. The predicted molar refractivity (Wildman–Crippen MR) is 77.8 cm³/mol. The second-order valence-corrected chi connectivity index (χ2v) is 4.32. The SMILES string of the molecule is Cc1cc(NC(=O)c2cncc(C=CC(=O)O)c2)ccn1. The number of hydrogen-bond donors (Lipinski definition) is 2. The minimum absolute atomic E-state index is 0.321. The Morgan fingerprint density at radius 3 is 2.81 bits per heavy atom. The van der Waals surface area contributed by atoms with E-state index in [4.69, 9.17) is 5.11 Å². The van der Waals surface area contributed by atoms with Crippen LogP contribution in [0.4, 0.5) is 5.69 Å². The highest BCUT2D eigenvalue weighted by molar-refractivity contribution is 6.04. The Morgan fingerprint density at radius 2 is 2.10 bits per heavy atom. The summed E-state index contributed by atoms with van der Waals surface area (Å²) in [6.07, 6.45) is 6.87. The van der Waals surface area contributed by atoms with Crippen LogP contribution in [-0.2, 0) is 4.79 Å². The lowest BCUT2D eigenvalue weighted by Gasteiger charge is -2.06. The minimum atomic E-state index is -1.06. The van der Waals surface area contributed by atoms with Crippen molar-refractivity contribution in [2.24, 2.45) is 0 Å². The molecule has 2 aromatic rings. The van der Waals surface area contributed by atoms with Crippen LogP contribution < -0.4 is 5.32 Å². The molecule has 21 heavy (non-hydrogen) atoms. The first kappa shape index (κ1) is 14.4. The van der Waals surface area contributed by atoms with Gasteiger partial charge in [0.1, 0.15) is 0 Å². The first-order chi connectivity index (χ1) is 10.0. The van der Waals surface area contributed by atoms with E-state index in [0.29, 0.717) is 16.8 Å². The number of carboxylic acid groups (broad SMARTS) is 1. The number of rotatable bonds is 4. The number of carbonyl (C=O) groups is 2. The third-order valence-corrected chi connectivity index (χ3v) is 2.59. The molecule has 0 saturated heterocycles. The number of pyridine rings is 2. The fourth-order valence-corrected chi connectivity index (χ4v) is 1.67. The van der Waals surface area contributed by atoms with Crippen molar-refractivity contribution in [3.05, 3.63) is 59.7 Å². The van der Waals surface area contributed by atoms with Crippen LogP contribution in [0.15, 0.2) is 42.9 Å². The normalized spacial score (nSPS) is 10.5. The molecule has 0 aromatic carbocycles. The van der Waals surface area contributed by atoms with Gasteiger partial charge in [0.05, 0.1) is 5.56 Å². The Bertz CT molecular complexity index is 711. The second-order valence-electron chi connectivity index (χ2n) is 4.32. The zero-order chi connectivity index (χ0) is 15.2. The molecule has 106 valence electrons. The van der Waals surface area contributed by atoms with Gasteiger partial charge >= 0.3 is 5.97 Å². The Balaban J connectivity index is 2.16. The molecule has 2 N–H and O–H groups in total. The van der Waals surface area contributed by atoms with E-state index < -0.39 is 5.97 Å². The molecule has 2 aromatic heterocycles. The number of aromatic nitrogens is 2. The van der Waals surface area contributed by atoms with Gasteiger partial charge in [-0.2, -0.15) is 0 Å². The maximum Gasteiger partial charge on any atom is 0.328 e. The molecular formula is C15H13N3O3. The van der Waals surface area contributed by atoms with Crippen molar-refractivity contribution in [1.29, 1.82) is 0 Å². The number of amides is 1. The summed E-state index contributed by atoms with van der Waals surface area (Å²) in [4.78, 5) is 30.5. The van der Waals surface area contributed by atoms with E-state index in [1.54, 1.807) is 24.4 Å². The molecule has 6 heteroatoms. The average molecular weight is 283 g/mol. The molecular weight excluding hydrogens is 270 g/mol. The highest BCUT2D eigenvalue weighted by atomic mass is 16.4. The van der Waals surface area contributed by atoms with Crippen molar-refractivity contribution < 1.29 is 14.7 Å². The standard InChI is InChI=1S/C15H13N3O3/c1-10-6-13(4-5-17-10)18-15(21)12-7-11(8-16-9-12)2-3-14(19)20/h2-9H,1H3,(H,19,20)(H,17,18,21). The summed E-state index contributed by atoms with van der Waals surface area (Å²) >= 11 is 0. The van der Waals surface area contributed by atoms with E-state index in [-0.39, 0.29) is 5.91 Å². The topological polar surface area (TPSA) is 92.2 Å². The van der Waals surface area contributed by atoms with E-state index in [0.717, 1.165) is 11.8 Å². The first-order valence-corrected chi connectivity index (χ1v) is 6.14. The smallest absolute Gasteiger partial charge is 0.328 e. The number of carboxylic acids is 1. The zero-order valence-corrected chi connectivity index (χ0v) is 11.3. The third-order valence-electron chi connectivity index (χ3n) is 2.59. The van der Waals surface area contributed by atoms with E-state index in [1.165, 1.54) is 18.5 Å². The van der Waals surface area contributed by atoms with Crippen LogP contribution in [0.3, 0.4) is 0 Å². The van der Waals surface area contributed by atoms with Crippen LogP contribution in [0.1, 0.15) is 21.6 Å². The number of aliphatic carboxylic acids is 1. The summed E-state index contributed by atoms with van der Waals surface area (Å²) < 4.78 is 0. The molecule has 6 nitrogen and oxygen atoms in total. The van der Waals surface area contributed by atoms with Crippen LogP contribution in [0, 0.1) is 6.92 Å². The van der Waals surface area contributed by atoms with Crippen LogP contribution >= 0.6 is 0 Å². The largest absolute Gasteiger partial charge is 0.478 e. The molecule has 0 bridgehead atoms. The minimum Gasteiger partial charge on any atom is -0.478 e. The Labute approximate surface area is 121 Å². The lowest BCUT2D eigenvalue weighted by atomic mass is 10.2. The quantitative estimate of drug-likeness (QED) is 0.839. The third kappa shape index (κ3) is 4.24. The van der Waals surface area contributed by atoms with E-state index in [1.807, 2.05) is 6.92 Å². The zero-order valence-electron chi connectivity index (χ0n) is 11.3. The summed E-state index contributed by atoms with van der Waals surface area (Å²) in [5.41, 5.74) is 2.32. The Hall–Kier alpha value is -3.02. The highest BCUT2D eigenvalue weighted by Crippen LogP contribution is 2.11. The Kier molecular flexibility index (Phi) is 4.40. The number of aryl methyl sites for hydroxylation is 1. The molecule has 0 aliphatic rings. The average Bonchev–Trinajstić information content (AvgIpc) is 2.45. The van der Waals surface area contributed by atoms with Crippen LogP contribution in [-0.4, -0.2) is 27.0 Å². The number of carbonyl (C=O) groups excluding carboxylic acids is 1. The maximum absolute atomic E-state index is 12.1. The monoisotopic (exact) mass is 283 g/mol. The van der Waals surface area contributed by atoms with Gasteiger partial charge in [0.2, 0.25) is 0 Å². The highest BCUT2D eigenvalue weighted by Gasteiger charge is 2.07. The lowest BCUT2D eigenvalue weighted by molar-refractivity contribution is -0.131. The van der Waals surface area contributed by atoms with E-state index in [9.17, 15) is 9.59 Å². The van der Waals surface area contributed by atoms with Crippen molar-refractivity contribution in [3.8, 4) is 0 Å². The molecule has 0 aliphatic heterocycles. The van der Waals surface area contributed by atoms with E-state index in [2.05, 4.69) is 15.3 Å². The van der Waals surface area contributed by atoms with Gasteiger partial charge < -0.3 is 10.4 Å². The van der Waals surface area contributed by atoms with E-state index >= 15 is 0 Å². The lowest BCUT2D eigenvalue weighted by Crippen LogP contribution is -2.12. The fourth-order valence-electron chi connectivity index (χ4n) is 1.67. The van der Waals surface area contributed by atoms with Crippen molar-refractivity contribution >= 4 is 23.6 Å². The number of nitrogens with one attached hydrogen (secondary N) is 1. The summed E-state index contributed by atoms with van der Waals surface area (Å²) in [6, 6.07) is 5.00. The maximum atomic E-state index is 12.1. The van der Waals surface area contributed by atoms with Gasteiger partial charge in [0.25, 0.3) is 5.91 Å². The van der Waals surface area contributed by atoms with Crippen LogP contribution in [0.25, 0.3) is 6.08 Å². The van der Waals surface area contributed by atoms with Crippen molar-refractivity contribution in [3.63, 3.8) is 0 Å². The van der Waals surface area contributed by atoms with Gasteiger partial charge in [-0.1, -0.05) is 0 Å². The van der Waals surface area contributed by atoms with Gasteiger partial charge in [-0.25, -0.2) is 4.79 Å². The molecule has 0 radical (unpaired) electrons. The van der Waals surface area contributed by atoms with Gasteiger partial charge in [-0.05, 0) is 36.8 Å². The summed E-state index contributed by atoms with van der Waals surface area (Å²) in [7, 11) is 0. The van der Waals surface area contributed by atoms with Crippen molar-refractivity contribution in [2.75, 3.05) is 5.32 Å².